The van der Waals surface area contributed by atoms with Gasteiger partial charge in [-0.2, -0.15) is 0 Å². The molecule has 0 amide bonds. The molecule has 0 saturated heterocycles. The van der Waals surface area contributed by atoms with E-state index in [-0.39, 0.29) is 0 Å². The predicted octanol–water partition coefficient (Wildman–Crippen LogP) is 18.1. The maximum Gasteiger partial charge on any atom is 0.160 e. The van der Waals surface area contributed by atoms with Crippen molar-refractivity contribution >= 4 is 75.8 Å². The van der Waals surface area contributed by atoms with E-state index in [9.17, 15) is 0 Å². The largest absolute Gasteiger partial charge is 0.456 e. The molecule has 3 heteroatoms. The van der Waals surface area contributed by atoms with Crippen molar-refractivity contribution in [3.63, 3.8) is 0 Å². The number of hydrogen-bond donors (Lipinski definition) is 0. The van der Waals surface area contributed by atoms with Crippen molar-refractivity contribution in [3.8, 4) is 67.3 Å². The molecule has 0 unspecified atom stereocenters. The lowest BCUT2D eigenvalue weighted by Gasteiger charge is -2.22. The zero-order valence-corrected chi connectivity index (χ0v) is 37.4. The van der Waals surface area contributed by atoms with E-state index < -0.39 is 0 Å². The van der Waals surface area contributed by atoms with Crippen molar-refractivity contribution in [2.24, 2.45) is 0 Å². The van der Waals surface area contributed by atoms with E-state index >= 15 is 0 Å². The first-order valence-electron chi connectivity index (χ1n) is 23.6. The Hall–Kier alpha value is -9.18. The Morgan fingerprint density at radius 3 is 1.32 bits per heavy atom. The van der Waals surface area contributed by atoms with Crippen molar-refractivity contribution in [2.75, 3.05) is 0 Å². The number of fused-ring (bicyclic) bond motifs is 9. The highest BCUT2D eigenvalue weighted by Crippen LogP contribution is 2.51. The van der Waals surface area contributed by atoms with E-state index in [1.165, 1.54) is 65.3 Å². The zero-order valence-electron chi connectivity index (χ0n) is 37.4. The van der Waals surface area contributed by atoms with Crippen molar-refractivity contribution in [1.29, 1.82) is 0 Å². The lowest BCUT2D eigenvalue weighted by atomic mass is 9.81. The second-order valence-electron chi connectivity index (χ2n) is 17.9. The molecule has 3 nitrogen and oxygen atoms in total. The predicted molar refractivity (Wildman–Crippen MR) is 289 cm³/mol. The summed E-state index contributed by atoms with van der Waals surface area (Å²) < 4.78 is 6.50. The van der Waals surface area contributed by atoms with Crippen molar-refractivity contribution in [1.82, 2.24) is 9.97 Å². The van der Waals surface area contributed by atoms with Gasteiger partial charge in [0, 0.05) is 27.5 Å². The van der Waals surface area contributed by atoms with Gasteiger partial charge in [-0.25, -0.2) is 9.97 Å². The molecule has 69 heavy (non-hydrogen) atoms. The fourth-order valence-corrected chi connectivity index (χ4v) is 11.0. The Balaban J connectivity index is 1.03. The molecule has 0 atom stereocenters. The summed E-state index contributed by atoms with van der Waals surface area (Å²) in [7, 11) is 0. The minimum atomic E-state index is 0.688. The van der Waals surface area contributed by atoms with Crippen LogP contribution < -0.4 is 0 Å². The minimum Gasteiger partial charge on any atom is -0.456 e. The average Bonchev–Trinajstić information content (AvgIpc) is 3.81. The Morgan fingerprint density at radius 2 is 0.710 bits per heavy atom. The number of aromatic nitrogens is 2. The fourth-order valence-electron chi connectivity index (χ4n) is 11.0. The molecule has 320 valence electrons. The first-order chi connectivity index (χ1) is 34.2. The normalized spacial score (nSPS) is 11.8. The van der Waals surface area contributed by atoms with Crippen LogP contribution in [0.15, 0.2) is 247 Å². The van der Waals surface area contributed by atoms with Crippen LogP contribution in [0.5, 0.6) is 0 Å². The molecular formula is C66H40N2O. The van der Waals surface area contributed by atoms with Crippen LogP contribution in [0.4, 0.5) is 0 Å². The average molecular weight is 877 g/mol. The molecule has 0 bridgehead atoms. The summed E-state index contributed by atoms with van der Waals surface area (Å²) in [5, 5.41) is 14.1. The summed E-state index contributed by atoms with van der Waals surface area (Å²) in [5.41, 5.74) is 13.7. The van der Waals surface area contributed by atoms with Gasteiger partial charge in [-0.3, -0.25) is 0 Å². The van der Waals surface area contributed by atoms with Crippen LogP contribution in [0.25, 0.3) is 143 Å². The van der Waals surface area contributed by atoms with Crippen LogP contribution >= 0.6 is 0 Å². The third kappa shape index (κ3) is 6.29. The molecule has 0 saturated carbocycles. The highest BCUT2D eigenvalue weighted by atomic mass is 16.3. The number of rotatable bonds is 6. The maximum atomic E-state index is 6.50. The standard InChI is InChI=1S/C66H40N2O/c1-3-18-41(19-4-1)44-23-17-24-45(38-44)57-40-58(68-66(67-57)43-21-5-2-6-22-43)62-50-28-11-15-32-54(50)65(55-33-16-12-29-51(55)62)64-52-30-13-9-26-48(52)61(49-27-10-14-31-53(49)64)46-35-36-59-56(39-46)63-47-25-8-7-20-42(47)34-37-60(63)69-59/h1-40H. The smallest absolute Gasteiger partial charge is 0.160 e. The summed E-state index contributed by atoms with van der Waals surface area (Å²) in [6, 6.07) is 87.1. The molecule has 0 aliphatic rings. The lowest BCUT2D eigenvalue weighted by molar-refractivity contribution is 0.669. The summed E-state index contributed by atoms with van der Waals surface area (Å²) in [5.74, 6) is 0.688. The number of hydrogen-bond acceptors (Lipinski definition) is 3. The van der Waals surface area contributed by atoms with E-state index in [4.69, 9.17) is 14.4 Å². The number of nitrogens with zero attached hydrogens (tertiary/aromatic N) is 2. The SMILES string of the molecule is c1ccc(-c2cccc(-c3cc(-c4c5ccccc5c(-c5c6ccccc6c(-c6ccc7oc8ccc9ccccc9c8c7c6)c6ccccc56)c5ccccc45)nc(-c4ccccc4)n3)c2)cc1. The van der Waals surface area contributed by atoms with E-state index in [0.717, 1.165) is 71.9 Å². The van der Waals surface area contributed by atoms with Gasteiger partial charge in [0.2, 0.25) is 0 Å². The molecule has 14 aromatic rings. The van der Waals surface area contributed by atoms with E-state index in [1.54, 1.807) is 0 Å². The first-order valence-corrected chi connectivity index (χ1v) is 23.6. The zero-order chi connectivity index (χ0) is 45.4. The quantitative estimate of drug-likeness (QED) is 0.156. The third-order valence-corrected chi connectivity index (χ3v) is 14.0. The van der Waals surface area contributed by atoms with Crippen LogP contribution in [0.2, 0.25) is 0 Å². The second kappa shape index (κ2) is 15.7. The molecule has 0 spiro atoms. The van der Waals surface area contributed by atoms with Crippen LogP contribution in [0, 0.1) is 0 Å². The first kappa shape index (κ1) is 39.0. The van der Waals surface area contributed by atoms with Crippen LogP contribution in [0.1, 0.15) is 0 Å². The summed E-state index contributed by atoms with van der Waals surface area (Å²) in [4.78, 5) is 10.7. The van der Waals surface area contributed by atoms with Crippen molar-refractivity contribution < 1.29 is 4.42 Å². The summed E-state index contributed by atoms with van der Waals surface area (Å²) >= 11 is 0. The van der Waals surface area contributed by atoms with E-state index in [1.807, 2.05) is 6.07 Å². The minimum absolute atomic E-state index is 0.688. The fraction of sp³-hybridized carbons (Fsp3) is 0. The van der Waals surface area contributed by atoms with Gasteiger partial charge in [0.05, 0.1) is 11.4 Å². The highest BCUT2D eigenvalue weighted by molar-refractivity contribution is 6.30. The lowest BCUT2D eigenvalue weighted by Crippen LogP contribution is -1.98. The molecule has 0 N–H and O–H groups in total. The Bertz CT molecular complexity index is 4250. The van der Waals surface area contributed by atoms with Gasteiger partial charge in [-0.15, -0.1) is 0 Å². The van der Waals surface area contributed by atoms with Crippen molar-refractivity contribution in [3.05, 3.63) is 243 Å². The maximum absolute atomic E-state index is 6.50. The van der Waals surface area contributed by atoms with Crippen LogP contribution in [-0.4, -0.2) is 9.97 Å². The van der Waals surface area contributed by atoms with Gasteiger partial charge in [0.25, 0.3) is 0 Å². The Kier molecular flexibility index (Phi) is 8.90. The molecular weight excluding hydrogens is 837 g/mol. The Morgan fingerprint density at radius 1 is 0.246 bits per heavy atom. The number of benzene rings is 12. The second-order valence-corrected chi connectivity index (χ2v) is 17.9. The van der Waals surface area contributed by atoms with E-state index in [0.29, 0.717) is 5.82 Å². The third-order valence-electron chi connectivity index (χ3n) is 14.0. The Labute approximate surface area is 398 Å². The van der Waals surface area contributed by atoms with Gasteiger partial charge in [-0.1, -0.05) is 212 Å². The van der Waals surface area contributed by atoms with Gasteiger partial charge < -0.3 is 4.42 Å². The molecule has 0 radical (unpaired) electrons. The molecule has 12 aromatic carbocycles. The molecule has 0 aliphatic carbocycles. The van der Waals surface area contributed by atoms with Gasteiger partial charge >= 0.3 is 0 Å². The van der Waals surface area contributed by atoms with Gasteiger partial charge in [-0.05, 0) is 118 Å². The van der Waals surface area contributed by atoms with E-state index in [2.05, 4.69) is 237 Å². The molecule has 14 rings (SSSR count). The van der Waals surface area contributed by atoms with Crippen LogP contribution in [0.3, 0.4) is 0 Å². The topological polar surface area (TPSA) is 38.9 Å². The molecule has 0 fully saturated rings. The number of furan rings is 1. The molecule has 2 aromatic heterocycles. The summed E-state index contributed by atoms with van der Waals surface area (Å²) in [6.45, 7) is 0. The molecule has 0 aliphatic heterocycles. The molecule has 2 heterocycles. The van der Waals surface area contributed by atoms with Gasteiger partial charge in [0.15, 0.2) is 5.82 Å². The van der Waals surface area contributed by atoms with Gasteiger partial charge in [0.1, 0.15) is 11.2 Å². The monoisotopic (exact) mass is 876 g/mol. The summed E-state index contributed by atoms with van der Waals surface area (Å²) in [6.07, 6.45) is 0. The van der Waals surface area contributed by atoms with Crippen LogP contribution in [-0.2, 0) is 0 Å². The highest BCUT2D eigenvalue weighted by Gasteiger charge is 2.24. The van der Waals surface area contributed by atoms with Crippen molar-refractivity contribution in [2.45, 2.75) is 0 Å².